The lowest BCUT2D eigenvalue weighted by Crippen LogP contribution is -2.41. The second-order valence-electron chi connectivity index (χ2n) is 6.63. The molecule has 0 bridgehead atoms. The normalized spacial score (nSPS) is 21.4. The number of nitrogens with one attached hydrogen (secondary N) is 2. The molecule has 8 heteroatoms. The molecular formula is C16H21F3N2O3. The standard InChI is InChI=1S/C16H21F3N2O3/c1-15(2,3)14(22)23-12-7-8-20-13(12)21-10-5-4-6-11(9-10)24-16(17,18)19/h4-6,9,12-13,20-21H,7-8H2,1-3H3. The van der Waals surface area contributed by atoms with E-state index in [0.717, 1.165) is 0 Å². The third kappa shape index (κ3) is 5.30. The average molecular weight is 346 g/mol. The van der Waals surface area contributed by atoms with Crippen molar-refractivity contribution in [3.63, 3.8) is 0 Å². The summed E-state index contributed by atoms with van der Waals surface area (Å²) in [7, 11) is 0. The zero-order valence-corrected chi connectivity index (χ0v) is 13.7. The highest BCUT2D eigenvalue weighted by Gasteiger charge is 2.34. The Balaban J connectivity index is 2.02. The number of esters is 1. The molecule has 134 valence electrons. The maximum Gasteiger partial charge on any atom is 0.573 e. The number of benzene rings is 1. The molecule has 0 spiro atoms. The largest absolute Gasteiger partial charge is 0.573 e. The van der Waals surface area contributed by atoms with Gasteiger partial charge in [-0.1, -0.05) is 6.07 Å². The van der Waals surface area contributed by atoms with Gasteiger partial charge in [0.2, 0.25) is 0 Å². The van der Waals surface area contributed by atoms with Gasteiger partial charge in [-0.2, -0.15) is 0 Å². The zero-order valence-electron chi connectivity index (χ0n) is 13.7. The molecule has 0 aliphatic carbocycles. The Hall–Kier alpha value is -1.96. The van der Waals surface area contributed by atoms with Crippen molar-refractivity contribution in [2.45, 2.75) is 45.8 Å². The Morgan fingerprint density at radius 1 is 1.29 bits per heavy atom. The molecule has 0 aromatic heterocycles. The van der Waals surface area contributed by atoms with Crippen LogP contribution in [-0.2, 0) is 9.53 Å². The van der Waals surface area contributed by atoms with Crippen molar-refractivity contribution >= 4 is 11.7 Å². The lowest BCUT2D eigenvalue weighted by Gasteiger charge is -2.25. The van der Waals surface area contributed by atoms with Crippen molar-refractivity contribution in [1.29, 1.82) is 0 Å². The SMILES string of the molecule is CC(C)(C)C(=O)OC1CCNC1Nc1cccc(OC(F)(F)F)c1. The molecule has 0 saturated carbocycles. The molecule has 2 N–H and O–H groups in total. The maximum atomic E-state index is 12.3. The van der Waals surface area contributed by atoms with Gasteiger partial charge in [0.25, 0.3) is 0 Å². The third-order valence-electron chi connectivity index (χ3n) is 3.43. The lowest BCUT2D eigenvalue weighted by molar-refractivity contribution is -0.274. The lowest BCUT2D eigenvalue weighted by atomic mass is 9.97. The minimum Gasteiger partial charge on any atom is -0.458 e. The van der Waals surface area contributed by atoms with Gasteiger partial charge in [0.05, 0.1) is 5.41 Å². The first-order chi connectivity index (χ1) is 11.0. The fraction of sp³-hybridized carbons (Fsp3) is 0.562. The Labute approximate surface area is 138 Å². The molecular weight excluding hydrogens is 325 g/mol. The molecule has 2 unspecified atom stereocenters. The second kappa shape index (κ2) is 6.88. The Morgan fingerprint density at radius 3 is 2.62 bits per heavy atom. The topological polar surface area (TPSA) is 59.6 Å². The number of halogens is 3. The van der Waals surface area contributed by atoms with Crippen LogP contribution >= 0.6 is 0 Å². The minimum absolute atomic E-state index is 0.311. The fourth-order valence-electron chi connectivity index (χ4n) is 2.23. The summed E-state index contributed by atoms with van der Waals surface area (Å²) >= 11 is 0. The van der Waals surface area contributed by atoms with Crippen LogP contribution in [0.1, 0.15) is 27.2 Å². The number of ether oxygens (including phenoxy) is 2. The summed E-state index contributed by atoms with van der Waals surface area (Å²) in [6, 6.07) is 5.54. The highest BCUT2D eigenvalue weighted by molar-refractivity contribution is 5.75. The third-order valence-corrected chi connectivity index (χ3v) is 3.43. The Morgan fingerprint density at radius 2 is 2.00 bits per heavy atom. The predicted octanol–water partition coefficient (Wildman–Crippen LogP) is 3.27. The fourth-order valence-corrected chi connectivity index (χ4v) is 2.23. The number of carbonyl (C=O) groups excluding carboxylic acids is 1. The predicted molar refractivity (Wildman–Crippen MR) is 82.5 cm³/mol. The Bertz CT molecular complexity index is 585. The summed E-state index contributed by atoms with van der Waals surface area (Å²) in [6.07, 6.45) is -4.89. The maximum absolute atomic E-state index is 12.3. The first kappa shape index (κ1) is 18.4. The van der Waals surface area contributed by atoms with Gasteiger partial charge in [-0.15, -0.1) is 13.2 Å². The molecule has 5 nitrogen and oxygen atoms in total. The van der Waals surface area contributed by atoms with Crippen molar-refractivity contribution in [3.05, 3.63) is 24.3 Å². The summed E-state index contributed by atoms with van der Waals surface area (Å²) in [5.74, 6) is -0.633. The van der Waals surface area contributed by atoms with E-state index in [2.05, 4.69) is 15.4 Å². The van der Waals surface area contributed by atoms with Crippen LogP contribution in [0.5, 0.6) is 5.75 Å². The molecule has 1 aliphatic heterocycles. The second-order valence-corrected chi connectivity index (χ2v) is 6.63. The number of alkyl halides is 3. The summed E-state index contributed by atoms with van der Waals surface area (Å²) in [5.41, 5.74) is -0.180. The molecule has 24 heavy (non-hydrogen) atoms. The first-order valence-corrected chi connectivity index (χ1v) is 7.61. The number of carbonyl (C=O) groups is 1. The van der Waals surface area contributed by atoms with Crippen molar-refractivity contribution in [1.82, 2.24) is 5.32 Å². The van der Waals surface area contributed by atoms with Crippen molar-refractivity contribution in [2.24, 2.45) is 5.41 Å². The van der Waals surface area contributed by atoms with E-state index in [4.69, 9.17) is 4.74 Å². The van der Waals surface area contributed by atoms with Crippen LogP contribution in [0.3, 0.4) is 0 Å². The van der Waals surface area contributed by atoms with E-state index in [1.54, 1.807) is 26.8 Å². The molecule has 0 radical (unpaired) electrons. The number of hydrogen-bond acceptors (Lipinski definition) is 5. The number of anilines is 1. The van der Waals surface area contributed by atoms with Crippen LogP contribution in [0, 0.1) is 5.41 Å². The van der Waals surface area contributed by atoms with E-state index in [-0.39, 0.29) is 17.9 Å². The van der Waals surface area contributed by atoms with Crippen molar-refractivity contribution < 1.29 is 27.4 Å². The summed E-state index contributed by atoms with van der Waals surface area (Å²) < 4.78 is 46.2. The monoisotopic (exact) mass is 346 g/mol. The molecule has 2 rings (SSSR count). The van der Waals surface area contributed by atoms with E-state index >= 15 is 0 Å². The minimum atomic E-state index is -4.74. The molecule has 1 fully saturated rings. The zero-order chi connectivity index (χ0) is 18.0. The molecule has 1 aliphatic rings. The van der Waals surface area contributed by atoms with Crippen LogP contribution in [0.25, 0.3) is 0 Å². The first-order valence-electron chi connectivity index (χ1n) is 7.61. The molecule has 0 amide bonds. The number of rotatable bonds is 4. The van der Waals surface area contributed by atoms with Gasteiger partial charge in [-0.05, 0) is 32.9 Å². The molecule has 2 atom stereocenters. The summed E-state index contributed by atoms with van der Waals surface area (Å²) in [6.45, 7) is 5.92. The average Bonchev–Trinajstić information content (AvgIpc) is 2.83. The molecule has 1 saturated heterocycles. The van der Waals surface area contributed by atoms with Gasteiger partial charge in [-0.25, -0.2) is 0 Å². The van der Waals surface area contributed by atoms with Crippen LogP contribution in [0.2, 0.25) is 0 Å². The quantitative estimate of drug-likeness (QED) is 0.820. The van der Waals surface area contributed by atoms with E-state index < -0.39 is 17.9 Å². The molecule has 1 aromatic carbocycles. The van der Waals surface area contributed by atoms with E-state index in [9.17, 15) is 18.0 Å². The molecule has 1 heterocycles. The van der Waals surface area contributed by atoms with Gasteiger partial charge in [0.1, 0.15) is 18.0 Å². The highest BCUT2D eigenvalue weighted by Crippen LogP contribution is 2.26. The van der Waals surface area contributed by atoms with Crippen molar-refractivity contribution in [2.75, 3.05) is 11.9 Å². The summed E-state index contributed by atoms with van der Waals surface area (Å²) in [5, 5.41) is 6.17. The van der Waals surface area contributed by atoms with Crippen molar-refractivity contribution in [3.8, 4) is 5.75 Å². The highest BCUT2D eigenvalue weighted by atomic mass is 19.4. The van der Waals surface area contributed by atoms with E-state index in [0.29, 0.717) is 18.7 Å². The van der Waals surface area contributed by atoms with Crippen LogP contribution in [-0.4, -0.2) is 31.1 Å². The van der Waals surface area contributed by atoms with Gasteiger partial charge < -0.3 is 14.8 Å². The van der Waals surface area contributed by atoms with Gasteiger partial charge in [0.15, 0.2) is 0 Å². The summed E-state index contributed by atoms with van der Waals surface area (Å²) in [4.78, 5) is 12.0. The Kier molecular flexibility index (Phi) is 5.27. The van der Waals surface area contributed by atoms with Gasteiger partial charge in [-0.3, -0.25) is 10.1 Å². The number of hydrogen-bond donors (Lipinski definition) is 2. The smallest absolute Gasteiger partial charge is 0.458 e. The van der Waals surface area contributed by atoms with Crippen LogP contribution < -0.4 is 15.4 Å². The van der Waals surface area contributed by atoms with Crippen LogP contribution in [0.4, 0.5) is 18.9 Å². The van der Waals surface area contributed by atoms with E-state index in [1.807, 2.05) is 0 Å². The van der Waals surface area contributed by atoms with Crippen LogP contribution in [0.15, 0.2) is 24.3 Å². The van der Waals surface area contributed by atoms with Gasteiger partial charge >= 0.3 is 12.3 Å². The molecule has 1 aromatic rings. The van der Waals surface area contributed by atoms with Gasteiger partial charge in [0, 0.05) is 24.7 Å². The van der Waals surface area contributed by atoms with E-state index in [1.165, 1.54) is 18.2 Å².